The van der Waals surface area contributed by atoms with Crippen molar-refractivity contribution in [3.8, 4) is 0 Å². The van der Waals surface area contributed by atoms with Crippen molar-refractivity contribution in [3.63, 3.8) is 0 Å². The van der Waals surface area contributed by atoms with E-state index in [1.54, 1.807) is 41.5 Å². The van der Waals surface area contributed by atoms with Crippen molar-refractivity contribution in [1.29, 1.82) is 0 Å². The Labute approximate surface area is 144 Å². The summed E-state index contributed by atoms with van der Waals surface area (Å²) in [5, 5.41) is 2.63. The number of benzene rings is 1. The van der Waals surface area contributed by atoms with Gasteiger partial charge >= 0.3 is 12.1 Å². The molecule has 1 aromatic carbocycles. The lowest BCUT2D eigenvalue weighted by molar-refractivity contribution is -0.157. The Kier molecular flexibility index (Phi) is 6.41. The number of carbonyl (C=O) groups is 2. The molecular weight excluding hydrogens is 306 g/mol. The number of esters is 1. The predicted octanol–water partition coefficient (Wildman–Crippen LogP) is 3.77. The first kappa shape index (κ1) is 20.0. The lowest BCUT2D eigenvalue weighted by atomic mass is 10.0. The van der Waals surface area contributed by atoms with Gasteiger partial charge in [-0.2, -0.15) is 0 Å². The maximum Gasteiger partial charge on any atom is 0.408 e. The van der Waals surface area contributed by atoms with Crippen LogP contribution in [0.1, 0.15) is 52.7 Å². The van der Waals surface area contributed by atoms with E-state index in [9.17, 15) is 9.59 Å². The summed E-state index contributed by atoms with van der Waals surface area (Å²) in [7, 11) is 0. The van der Waals surface area contributed by atoms with E-state index in [1.165, 1.54) is 0 Å². The maximum absolute atomic E-state index is 12.5. The highest BCUT2D eigenvalue weighted by Crippen LogP contribution is 2.14. The molecule has 0 aliphatic carbocycles. The maximum atomic E-state index is 12.5. The molecule has 1 amide bonds. The van der Waals surface area contributed by atoms with Crippen LogP contribution in [0.5, 0.6) is 0 Å². The minimum atomic E-state index is -0.805. The molecule has 0 spiro atoms. The lowest BCUT2D eigenvalue weighted by Crippen LogP contribution is -2.47. The van der Waals surface area contributed by atoms with Crippen LogP contribution in [0.3, 0.4) is 0 Å². The molecule has 0 fully saturated rings. The quantitative estimate of drug-likeness (QED) is 0.851. The molecule has 0 aliphatic rings. The van der Waals surface area contributed by atoms with Gasteiger partial charge in [0, 0.05) is 6.42 Å². The summed E-state index contributed by atoms with van der Waals surface area (Å²) < 4.78 is 10.7. The molecule has 1 unspecified atom stereocenters. The van der Waals surface area contributed by atoms with Crippen molar-refractivity contribution in [1.82, 2.24) is 5.32 Å². The third-order valence-electron chi connectivity index (χ3n) is 2.90. The van der Waals surface area contributed by atoms with Crippen LogP contribution < -0.4 is 5.32 Å². The highest BCUT2D eigenvalue weighted by Gasteiger charge is 2.28. The zero-order chi connectivity index (χ0) is 18.5. The van der Waals surface area contributed by atoms with Crippen molar-refractivity contribution in [2.45, 2.75) is 72.1 Å². The van der Waals surface area contributed by atoms with Gasteiger partial charge in [0.25, 0.3) is 0 Å². The first-order chi connectivity index (χ1) is 10.9. The van der Waals surface area contributed by atoms with Gasteiger partial charge in [-0.05, 0) is 54.0 Å². The fourth-order valence-corrected chi connectivity index (χ4v) is 2.09. The van der Waals surface area contributed by atoms with Gasteiger partial charge in [-0.3, -0.25) is 0 Å². The molecule has 0 saturated carbocycles. The molecule has 0 bridgehead atoms. The summed E-state index contributed by atoms with van der Waals surface area (Å²) in [6.45, 7) is 12.7. The van der Waals surface area contributed by atoms with Crippen LogP contribution in [-0.4, -0.2) is 29.3 Å². The van der Waals surface area contributed by atoms with Gasteiger partial charge in [0.2, 0.25) is 0 Å². The number of ether oxygens (including phenoxy) is 2. The first-order valence-corrected chi connectivity index (χ1v) is 8.14. The second-order valence-electron chi connectivity index (χ2n) is 7.93. The van der Waals surface area contributed by atoms with Crippen molar-refractivity contribution < 1.29 is 19.1 Å². The normalized spacial score (nSPS) is 13.1. The summed E-state index contributed by atoms with van der Waals surface area (Å²) in [6.07, 6.45) is -0.290. The molecule has 1 rings (SSSR count). The van der Waals surface area contributed by atoms with E-state index in [0.717, 1.165) is 11.1 Å². The van der Waals surface area contributed by atoms with Crippen LogP contribution in [0.25, 0.3) is 0 Å². The third kappa shape index (κ3) is 7.99. The Morgan fingerprint density at radius 3 is 2.12 bits per heavy atom. The molecule has 1 N–H and O–H groups in total. The van der Waals surface area contributed by atoms with Gasteiger partial charge in [0.05, 0.1) is 0 Å². The molecule has 0 radical (unpaired) electrons. The number of alkyl carbamates (subject to hydrolysis) is 1. The Morgan fingerprint density at radius 2 is 1.62 bits per heavy atom. The zero-order valence-electron chi connectivity index (χ0n) is 15.7. The standard InChI is InChI=1S/C19H29NO4/c1-13-9-8-10-14(11-13)12-15(16(21)23-18(2,3)4)20-17(22)24-19(5,6)7/h8-11,15H,12H2,1-7H3,(H,20,22). The minimum absolute atomic E-state index is 0.343. The lowest BCUT2D eigenvalue weighted by Gasteiger charge is -2.26. The third-order valence-corrected chi connectivity index (χ3v) is 2.90. The largest absolute Gasteiger partial charge is 0.458 e. The van der Waals surface area contributed by atoms with Crippen LogP contribution in [0, 0.1) is 6.92 Å². The molecule has 0 heterocycles. The zero-order valence-corrected chi connectivity index (χ0v) is 15.7. The van der Waals surface area contributed by atoms with E-state index in [1.807, 2.05) is 31.2 Å². The molecular formula is C19H29NO4. The van der Waals surface area contributed by atoms with Crippen LogP contribution >= 0.6 is 0 Å². The molecule has 134 valence electrons. The summed E-state index contributed by atoms with van der Waals surface area (Å²) in [4.78, 5) is 24.5. The van der Waals surface area contributed by atoms with Crippen molar-refractivity contribution in [2.24, 2.45) is 0 Å². The minimum Gasteiger partial charge on any atom is -0.458 e. The van der Waals surface area contributed by atoms with E-state index in [2.05, 4.69) is 5.32 Å². The Hall–Kier alpha value is -2.04. The van der Waals surface area contributed by atoms with E-state index in [0.29, 0.717) is 6.42 Å². The summed E-state index contributed by atoms with van der Waals surface area (Å²) in [5.41, 5.74) is 0.776. The molecule has 5 nitrogen and oxygen atoms in total. The molecule has 1 atom stereocenters. The number of hydrogen-bond acceptors (Lipinski definition) is 4. The van der Waals surface area contributed by atoms with Crippen LogP contribution in [-0.2, 0) is 20.7 Å². The molecule has 1 aromatic rings. The number of nitrogens with one attached hydrogen (secondary N) is 1. The fraction of sp³-hybridized carbons (Fsp3) is 0.579. The molecule has 5 heteroatoms. The van der Waals surface area contributed by atoms with Crippen LogP contribution in [0.4, 0.5) is 4.79 Å². The van der Waals surface area contributed by atoms with Gasteiger partial charge in [0.1, 0.15) is 17.2 Å². The average Bonchev–Trinajstić information content (AvgIpc) is 2.33. The van der Waals surface area contributed by atoms with Gasteiger partial charge in [0.15, 0.2) is 0 Å². The Balaban J connectivity index is 2.90. The second kappa shape index (κ2) is 7.69. The SMILES string of the molecule is Cc1cccc(CC(NC(=O)OC(C)(C)C)C(=O)OC(C)(C)C)c1. The van der Waals surface area contributed by atoms with E-state index < -0.39 is 29.3 Å². The fourth-order valence-electron chi connectivity index (χ4n) is 2.09. The Bertz CT molecular complexity index is 582. The predicted molar refractivity (Wildman–Crippen MR) is 93.9 cm³/mol. The first-order valence-electron chi connectivity index (χ1n) is 8.14. The van der Waals surface area contributed by atoms with E-state index in [-0.39, 0.29) is 0 Å². The summed E-state index contributed by atoms with van der Waals surface area (Å²) >= 11 is 0. The number of hydrogen-bond donors (Lipinski definition) is 1. The van der Waals surface area contributed by atoms with Gasteiger partial charge in [-0.15, -0.1) is 0 Å². The van der Waals surface area contributed by atoms with Gasteiger partial charge in [-0.1, -0.05) is 29.8 Å². The summed E-state index contributed by atoms with van der Waals surface area (Å²) in [5.74, 6) is -0.477. The average molecular weight is 335 g/mol. The molecule has 0 aliphatic heterocycles. The number of aryl methyl sites for hydroxylation is 1. The molecule has 24 heavy (non-hydrogen) atoms. The van der Waals surface area contributed by atoms with Gasteiger partial charge in [-0.25, -0.2) is 9.59 Å². The van der Waals surface area contributed by atoms with Crippen LogP contribution in [0.2, 0.25) is 0 Å². The number of amides is 1. The number of carbonyl (C=O) groups excluding carboxylic acids is 2. The highest BCUT2D eigenvalue weighted by molar-refractivity contribution is 5.82. The van der Waals surface area contributed by atoms with Crippen molar-refractivity contribution >= 4 is 12.1 Å². The Morgan fingerprint density at radius 1 is 1.04 bits per heavy atom. The van der Waals surface area contributed by atoms with E-state index >= 15 is 0 Å². The van der Waals surface area contributed by atoms with Crippen molar-refractivity contribution in [2.75, 3.05) is 0 Å². The highest BCUT2D eigenvalue weighted by atomic mass is 16.6. The smallest absolute Gasteiger partial charge is 0.408 e. The second-order valence-corrected chi connectivity index (χ2v) is 7.93. The van der Waals surface area contributed by atoms with Crippen molar-refractivity contribution in [3.05, 3.63) is 35.4 Å². The monoisotopic (exact) mass is 335 g/mol. The summed E-state index contributed by atoms with van der Waals surface area (Å²) in [6, 6.07) is 6.99. The van der Waals surface area contributed by atoms with Crippen LogP contribution in [0.15, 0.2) is 24.3 Å². The topological polar surface area (TPSA) is 64.6 Å². The van der Waals surface area contributed by atoms with E-state index in [4.69, 9.17) is 9.47 Å². The van der Waals surface area contributed by atoms with Gasteiger partial charge < -0.3 is 14.8 Å². The number of rotatable bonds is 4. The molecule has 0 aromatic heterocycles. The molecule has 0 saturated heterocycles.